The number of nitrogens with one attached hydrogen (secondary N) is 2. The fourth-order valence-corrected chi connectivity index (χ4v) is 3.64. The van der Waals surface area contributed by atoms with Gasteiger partial charge < -0.3 is 20.5 Å². The molecule has 1 saturated carbocycles. The fourth-order valence-electron chi connectivity index (χ4n) is 3.64. The van der Waals surface area contributed by atoms with Crippen molar-refractivity contribution in [3.05, 3.63) is 35.9 Å². The van der Waals surface area contributed by atoms with E-state index in [1.165, 1.54) is 0 Å². The van der Waals surface area contributed by atoms with E-state index in [1.54, 1.807) is 20.8 Å². The Morgan fingerprint density at radius 2 is 1.69 bits per heavy atom. The monoisotopic (exact) mass is 404 g/mol. The normalized spacial score (nSPS) is 17.1. The third kappa shape index (κ3) is 7.07. The number of carbonyl (C=O) groups is 3. The molecule has 7 nitrogen and oxygen atoms in total. The molecule has 160 valence electrons. The Bertz CT molecular complexity index is 693. The van der Waals surface area contributed by atoms with Crippen molar-refractivity contribution < 1.29 is 24.2 Å². The summed E-state index contributed by atoms with van der Waals surface area (Å²) in [6.07, 6.45) is 4.01. The van der Waals surface area contributed by atoms with Gasteiger partial charge in [0, 0.05) is 0 Å². The van der Waals surface area contributed by atoms with E-state index in [0.29, 0.717) is 0 Å². The molecule has 0 bridgehead atoms. The summed E-state index contributed by atoms with van der Waals surface area (Å²) >= 11 is 0. The molecule has 2 atom stereocenters. The molecule has 1 aromatic carbocycles. The Balaban J connectivity index is 2.06. The maximum absolute atomic E-state index is 13.0. The lowest BCUT2D eigenvalue weighted by atomic mass is 9.82. The summed E-state index contributed by atoms with van der Waals surface area (Å²) in [6, 6.07) is 7.41. The number of hydrogen-bond acceptors (Lipinski definition) is 4. The van der Waals surface area contributed by atoms with Gasteiger partial charge in [0.1, 0.15) is 18.7 Å². The molecule has 1 aliphatic carbocycles. The molecule has 1 aromatic rings. The molecule has 2 amide bonds. The van der Waals surface area contributed by atoms with Crippen LogP contribution < -0.4 is 10.6 Å². The first-order chi connectivity index (χ1) is 13.7. The number of carboxylic acids is 1. The van der Waals surface area contributed by atoms with Gasteiger partial charge in [0.25, 0.3) is 0 Å². The maximum Gasteiger partial charge on any atom is 0.408 e. The van der Waals surface area contributed by atoms with Gasteiger partial charge in [-0.1, -0.05) is 70.4 Å². The highest BCUT2D eigenvalue weighted by molar-refractivity contribution is 5.89. The van der Waals surface area contributed by atoms with Crippen LogP contribution in [0, 0.1) is 11.3 Å². The van der Waals surface area contributed by atoms with E-state index in [9.17, 15) is 19.5 Å². The highest BCUT2D eigenvalue weighted by Crippen LogP contribution is 2.27. The van der Waals surface area contributed by atoms with Gasteiger partial charge in [-0.3, -0.25) is 4.79 Å². The van der Waals surface area contributed by atoms with Crippen LogP contribution in [0.5, 0.6) is 0 Å². The van der Waals surface area contributed by atoms with Crippen LogP contribution in [0.2, 0.25) is 0 Å². The van der Waals surface area contributed by atoms with Crippen LogP contribution in [0.25, 0.3) is 0 Å². The number of ether oxygens (including phenoxy) is 1. The van der Waals surface area contributed by atoms with Crippen LogP contribution in [-0.4, -0.2) is 35.2 Å². The molecule has 1 fully saturated rings. The Kier molecular flexibility index (Phi) is 8.05. The Morgan fingerprint density at radius 3 is 2.24 bits per heavy atom. The zero-order valence-electron chi connectivity index (χ0n) is 17.4. The molecule has 3 N–H and O–H groups in total. The number of amides is 2. The van der Waals surface area contributed by atoms with Crippen LogP contribution in [0.1, 0.15) is 58.4 Å². The second-order valence-corrected chi connectivity index (χ2v) is 8.73. The SMILES string of the molecule is CC(C)(C)[C@H](NC(=O)[C@@H](NC(=O)OCc1ccccc1)C1CCCCC1)C(=O)O. The Morgan fingerprint density at radius 1 is 1.07 bits per heavy atom. The molecule has 0 radical (unpaired) electrons. The van der Waals surface area contributed by atoms with Gasteiger partial charge in [0.2, 0.25) is 5.91 Å². The summed E-state index contributed by atoms with van der Waals surface area (Å²) in [4.78, 5) is 37.0. The lowest BCUT2D eigenvalue weighted by Crippen LogP contribution is -2.57. The minimum absolute atomic E-state index is 0.0394. The van der Waals surface area contributed by atoms with Gasteiger partial charge in [0.05, 0.1) is 0 Å². The number of carboxylic acid groups (broad SMARTS) is 1. The molecule has 7 heteroatoms. The highest BCUT2D eigenvalue weighted by Gasteiger charge is 2.37. The van der Waals surface area contributed by atoms with Crippen molar-refractivity contribution in [2.75, 3.05) is 0 Å². The van der Waals surface area contributed by atoms with E-state index < -0.39 is 35.5 Å². The van der Waals surface area contributed by atoms with Crippen LogP contribution in [0.3, 0.4) is 0 Å². The molecule has 0 aromatic heterocycles. The molecular weight excluding hydrogens is 372 g/mol. The quantitative estimate of drug-likeness (QED) is 0.645. The summed E-state index contributed by atoms with van der Waals surface area (Å²) in [7, 11) is 0. The first kappa shape index (κ1) is 22.7. The van der Waals surface area contributed by atoms with Crippen LogP contribution in [0.4, 0.5) is 4.79 Å². The molecule has 0 heterocycles. The van der Waals surface area contributed by atoms with Crippen molar-refractivity contribution in [2.45, 2.75) is 71.6 Å². The molecule has 0 unspecified atom stereocenters. The van der Waals surface area contributed by atoms with E-state index in [4.69, 9.17) is 4.74 Å². The van der Waals surface area contributed by atoms with Crippen LogP contribution in [-0.2, 0) is 20.9 Å². The average molecular weight is 405 g/mol. The standard InChI is InChI=1S/C22H32N2O5/c1-22(2,3)18(20(26)27)24-19(25)17(16-12-8-5-9-13-16)23-21(28)29-14-15-10-6-4-7-11-15/h4,6-7,10-11,16-18H,5,8-9,12-14H2,1-3H3,(H,23,28)(H,24,25)(H,26,27)/t17-,18+/m0/s1. The third-order valence-corrected chi connectivity index (χ3v) is 5.29. The lowest BCUT2D eigenvalue weighted by molar-refractivity contribution is -0.145. The number of hydrogen-bond donors (Lipinski definition) is 3. The largest absolute Gasteiger partial charge is 0.480 e. The predicted molar refractivity (Wildman–Crippen MR) is 109 cm³/mol. The highest BCUT2D eigenvalue weighted by atomic mass is 16.5. The molecule has 0 aliphatic heterocycles. The summed E-state index contributed by atoms with van der Waals surface area (Å²) < 4.78 is 5.27. The second-order valence-electron chi connectivity index (χ2n) is 8.73. The number of carbonyl (C=O) groups excluding carboxylic acids is 2. The van der Waals surface area contributed by atoms with Crippen molar-refractivity contribution in [1.82, 2.24) is 10.6 Å². The van der Waals surface area contributed by atoms with E-state index >= 15 is 0 Å². The second kappa shape index (κ2) is 10.3. The number of alkyl carbamates (subject to hydrolysis) is 1. The minimum atomic E-state index is -1.10. The first-order valence-corrected chi connectivity index (χ1v) is 10.2. The summed E-state index contributed by atoms with van der Waals surface area (Å²) in [5, 5.41) is 14.8. The van der Waals surface area contributed by atoms with E-state index in [0.717, 1.165) is 37.7 Å². The molecule has 1 aliphatic rings. The van der Waals surface area contributed by atoms with Crippen molar-refractivity contribution in [2.24, 2.45) is 11.3 Å². The molecule has 0 spiro atoms. The predicted octanol–water partition coefficient (Wildman–Crippen LogP) is 3.48. The smallest absolute Gasteiger partial charge is 0.408 e. The van der Waals surface area contributed by atoms with Crippen molar-refractivity contribution >= 4 is 18.0 Å². The van der Waals surface area contributed by atoms with Crippen molar-refractivity contribution in [1.29, 1.82) is 0 Å². The molecule has 0 saturated heterocycles. The number of benzene rings is 1. The summed E-state index contributed by atoms with van der Waals surface area (Å²) in [5.41, 5.74) is 0.187. The van der Waals surface area contributed by atoms with Crippen molar-refractivity contribution in [3.8, 4) is 0 Å². The van der Waals surface area contributed by atoms with E-state index in [1.807, 2.05) is 30.3 Å². The van der Waals surface area contributed by atoms with E-state index in [2.05, 4.69) is 10.6 Å². The number of aliphatic carboxylic acids is 1. The van der Waals surface area contributed by atoms with Crippen LogP contribution >= 0.6 is 0 Å². The molecule has 2 rings (SSSR count). The molecular formula is C22H32N2O5. The van der Waals surface area contributed by atoms with Crippen molar-refractivity contribution in [3.63, 3.8) is 0 Å². The van der Waals surface area contributed by atoms with Gasteiger partial charge in [-0.2, -0.15) is 0 Å². The summed E-state index contributed by atoms with van der Waals surface area (Å²) in [5.74, 6) is -1.61. The van der Waals surface area contributed by atoms with Gasteiger partial charge in [-0.15, -0.1) is 0 Å². The van der Waals surface area contributed by atoms with E-state index in [-0.39, 0.29) is 12.5 Å². The average Bonchev–Trinajstić information content (AvgIpc) is 2.68. The number of rotatable bonds is 7. The van der Waals surface area contributed by atoms with Gasteiger partial charge in [-0.05, 0) is 29.7 Å². The zero-order chi connectivity index (χ0) is 21.4. The molecule has 29 heavy (non-hydrogen) atoms. The third-order valence-electron chi connectivity index (χ3n) is 5.29. The summed E-state index contributed by atoms with van der Waals surface area (Å²) in [6.45, 7) is 5.36. The lowest BCUT2D eigenvalue weighted by Gasteiger charge is -2.33. The van der Waals surface area contributed by atoms with Crippen LogP contribution in [0.15, 0.2) is 30.3 Å². The zero-order valence-corrected chi connectivity index (χ0v) is 17.4. The fraction of sp³-hybridized carbons (Fsp3) is 0.591. The Hall–Kier alpha value is -2.57. The first-order valence-electron chi connectivity index (χ1n) is 10.2. The minimum Gasteiger partial charge on any atom is -0.480 e. The van der Waals surface area contributed by atoms with Gasteiger partial charge in [-0.25, -0.2) is 9.59 Å². The van der Waals surface area contributed by atoms with Gasteiger partial charge >= 0.3 is 12.1 Å². The topological polar surface area (TPSA) is 105 Å². The Labute approximate surface area is 172 Å². The maximum atomic E-state index is 13.0. The van der Waals surface area contributed by atoms with Gasteiger partial charge in [0.15, 0.2) is 0 Å².